The maximum Gasteiger partial charge on any atom is 0.407 e. The molecule has 0 aliphatic carbocycles. The lowest BCUT2D eigenvalue weighted by atomic mass is 9.84. The summed E-state index contributed by atoms with van der Waals surface area (Å²) in [6.07, 6.45) is -0.698. The Balaban J connectivity index is 4.56. The Bertz CT molecular complexity index is 2650. The number of amides is 9. The van der Waals surface area contributed by atoms with Crippen molar-refractivity contribution < 1.29 is 72.1 Å². The van der Waals surface area contributed by atoms with Crippen molar-refractivity contribution in [2.24, 2.45) is 59.2 Å². The summed E-state index contributed by atoms with van der Waals surface area (Å²) in [5.74, 6) is -12.1. The summed E-state index contributed by atoms with van der Waals surface area (Å²) < 4.78 is 11.6. The van der Waals surface area contributed by atoms with E-state index < -0.39 is 161 Å². The first-order valence-corrected chi connectivity index (χ1v) is 34.8. The quantitative estimate of drug-likeness (QED) is 0.0838. The van der Waals surface area contributed by atoms with Crippen molar-refractivity contribution in [3.63, 3.8) is 0 Å². The third-order valence-corrected chi connectivity index (χ3v) is 18.2. The van der Waals surface area contributed by atoms with E-state index in [2.05, 4.69) is 10.6 Å². The van der Waals surface area contributed by atoms with Gasteiger partial charge >= 0.3 is 6.09 Å². The van der Waals surface area contributed by atoms with Crippen LogP contribution in [-0.4, -0.2) is 233 Å². The first-order valence-electron chi connectivity index (χ1n) is 34.8. The van der Waals surface area contributed by atoms with Crippen LogP contribution in [0.5, 0.6) is 0 Å². The van der Waals surface area contributed by atoms with Crippen molar-refractivity contribution in [2.75, 3.05) is 62.5 Å². The molecule has 96 heavy (non-hydrogen) atoms. The molecule has 1 aliphatic rings. The van der Waals surface area contributed by atoms with Crippen LogP contribution in [-0.2, 0) is 62.2 Å². The highest BCUT2D eigenvalue weighted by Crippen LogP contribution is 2.30. The molecule has 24 nitrogen and oxygen atoms in total. The lowest BCUT2D eigenvalue weighted by Crippen LogP contribution is -2.64. The van der Waals surface area contributed by atoms with Crippen LogP contribution in [0.2, 0.25) is 0 Å². The van der Waals surface area contributed by atoms with E-state index in [0.29, 0.717) is 0 Å². The van der Waals surface area contributed by atoms with E-state index in [0.717, 1.165) is 9.80 Å². The number of carbonyl (C=O) groups is 12. The predicted octanol–water partition coefficient (Wildman–Crippen LogP) is 7.41. The molecule has 1 heterocycles. The molecule has 24 heteroatoms. The molecule has 0 aromatic heterocycles. The normalized spacial score (nSPS) is 26.3. The fraction of sp³-hybridized carbons (Fsp3) is 0.806. The topological polar surface area (TPSA) is 290 Å². The van der Waals surface area contributed by atoms with Crippen LogP contribution in [0.15, 0.2) is 12.2 Å². The Morgan fingerprint density at radius 2 is 0.969 bits per heavy atom. The van der Waals surface area contributed by atoms with E-state index in [9.17, 15) is 29.1 Å². The van der Waals surface area contributed by atoms with Crippen molar-refractivity contribution >= 4 is 70.7 Å². The maximum absolute atomic E-state index is 15.4. The third kappa shape index (κ3) is 25.8. The second kappa shape index (κ2) is 39.9. The van der Waals surface area contributed by atoms with Crippen LogP contribution in [0.4, 0.5) is 4.79 Å². The van der Waals surface area contributed by atoms with Crippen LogP contribution in [0.3, 0.4) is 0 Å². The zero-order valence-electron chi connectivity index (χ0n) is 63.7. The van der Waals surface area contributed by atoms with Crippen LogP contribution in [0.25, 0.3) is 0 Å². The highest BCUT2D eigenvalue weighted by molar-refractivity contribution is 6.00. The number of aliphatic hydroxyl groups excluding tert-OH is 1. The number of nitrogens with one attached hydrogen (secondary N) is 2. The number of aliphatic hydroxyl groups is 1. The largest absolute Gasteiger partial charge is 0.444 e. The molecule has 1 fully saturated rings. The van der Waals surface area contributed by atoms with E-state index in [4.69, 9.17) is 9.47 Å². The van der Waals surface area contributed by atoms with Crippen molar-refractivity contribution in [1.29, 1.82) is 0 Å². The van der Waals surface area contributed by atoms with E-state index in [1.54, 1.807) is 95.2 Å². The highest BCUT2D eigenvalue weighted by Gasteiger charge is 2.47. The molecule has 0 aromatic rings. The fourth-order valence-corrected chi connectivity index (χ4v) is 12.3. The van der Waals surface area contributed by atoms with Gasteiger partial charge in [0.15, 0.2) is 11.6 Å². The molecule has 9 amide bonds. The molecule has 1 aliphatic heterocycles. The van der Waals surface area contributed by atoms with Crippen LogP contribution < -0.4 is 10.6 Å². The lowest BCUT2D eigenvalue weighted by molar-refractivity contribution is -0.167. The molecule has 550 valence electrons. The van der Waals surface area contributed by atoms with Crippen molar-refractivity contribution in [3.8, 4) is 0 Å². The predicted molar refractivity (Wildman–Crippen MR) is 371 cm³/mol. The second-order valence-electron chi connectivity index (χ2n) is 30.4. The van der Waals surface area contributed by atoms with Gasteiger partial charge in [-0.2, -0.15) is 0 Å². The summed E-state index contributed by atoms with van der Waals surface area (Å²) in [5.41, 5.74) is -0.856. The summed E-state index contributed by atoms with van der Waals surface area (Å²) >= 11 is 0. The van der Waals surface area contributed by atoms with Crippen molar-refractivity contribution in [2.45, 2.75) is 256 Å². The number of ketones is 3. The van der Waals surface area contributed by atoms with Crippen LogP contribution in [0.1, 0.15) is 196 Å². The molecule has 0 aromatic carbocycles. The third-order valence-electron chi connectivity index (χ3n) is 18.2. The van der Waals surface area contributed by atoms with Gasteiger partial charge in [0.25, 0.3) is 5.91 Å². The summed E-state index contributed by atoms with van der Waals surface area (Å²) in [6, 6.07) is -8.94. The molecule has 0 saturated carbocycles. The van der Waals surface area contributed by atoms with E-state index in [-0.39, 0.29) is 100 Å². The van der Waals surface area contributed by atoms with Gasteiger partial charge in [0, 0.05) is 92.9 Å². The number of hydrogen-bond acceptors (Lipinski definition) is 15. The van der Waals surface area contributed by atoms with Crippen molar-refractivity contribution in [3.05, 3.63) is 12.2 Å². The Labute approximate surface area is 575 Å². The van der Waals surface area contributed by atoms with Gasteiger partial charge in [-0.1, -0.05) is 123 Å². The molecule has 0 unspecified atom stereocenters. The van der Waals surface area contributed by atoms with Gasteiger partial charge in [-0.15, -0.1) is 0 Å². The summed E-state index contributed by atoms with van der Waals surface area (Å²) in [5, 5.41) is 17.6. The molecule has 1 rings (SSSR count). The first-order chi connectivity index (χ1) is 44.2. The van der Waals surface area contributed by atoms with Crippen LogP contribution >= 0.6 is 0 Å². The molecule has 1 saturated heterocycles. The van der Waals surface area contributed by atoms with Gasteiger partial charge < -0.3 is 59.5 Å². The highest BCUT2D eigenvalue weighted by atomic mass is 16.6. The van der Waals surface area contributed by atoms with E-state index in [1.807, 2.05) is 55.4 Å². The number of carbonyl (C=O) groups excluding carboxylic acids is 12. The minimum Gasteiger partial charge on any atom is -0.444 e. The van der Waals surface area contributed by atoms with E-state index >= 15 is 33.6 Å². The Morgan fingerprint density at radius 1 is 0.542 bits per heavy atom. The molecule has 0 spiro atoms. The number of alkyl carbamates (subject to hydrolysis) is 1. The maximum atomic E-state index is 15.4. The molecule has 3 N–H and O–H groups in total. The SMILES string of the molecule is C/C=C/C[C@@H](C)[C@@H](O)[C@H]1C(=O)N[C@@H](CC)C(=O)N(C)[C@H](OCCNC(=O)OC(C)(C)C)C(=O)N(C)[C@@H](CC(C)C)C(=O)C[C@@H](C(C)C)C(=O)N(C)[C@@H](CC(C)C)C(=O)C[C@@H](C)C(=O)C[C@H](C)C(=O)N(C)[C@@H](CC(C)C)C(=O)N(C)[C@@H](CC(C)C)C(=O)N(C)[C@@H](C(C)C)C(=O)N1C. The first kappa shape index (κ1) is 87.7. The van der Waals surface area contributed by atoms with Gasteiger partial charge in [-0.3, -0.25) is 52.7 Å². The minimum atomic E-state index is -1.81. The van der Waals surface area contributed by atoms with Gasteiger partial charge in [-0.05, 0) is 108 Å². The number of ether oxygens (including phenoxy) is 2. The monoisotopic (exact) mass is 1360 g/mol. The molecular formula is C72H127N9O15. The van der Waals surface area contributed by atoms with Gasteiger partial charge in [0.1, 0.15) is 41.6 Å². The van der Waals surface area contributed by atoms with E-state index in [1.165, 1.54) is 73.8 Å². The Kier molecular flexibility index (Phi) is 36.5. The van der Waals surface area contributed by atoms with Crippen molar-refractivity contribution in [1.82, 2.24) is 44.9 Å². The smallest absolute Gasteiger partial charge is 0.407 e. The number of likely N-dealkylation sites (N-methyl/N-ethyl adjacent to an activating group) is 7. The Morgan fingerprint density at radius 3 is 1.42 bits per heavy atom. The van der Waals surface area contributed by atoms with Crippen LogP contribution in [0, 0.1) is 59.2 Å². The summed E-state index contributed by atoms with van der Waals surface area (Å²) in [4.78, 5) is 186. The molecule has 13 atom stereocenters. The average Bonchev–Trinajstić information content (AvgIpc) is 0.820. The number of allylic oxidation sites excluding steroid dienone is 2. The molecule has 0 radical (unpaired) electrons. The number of nitrogens with zero attached hydrogens (tertiary/aromatic N) is 7. The van der Waals surface area contributed by atoms with Gasteiger partial charge in [0.05, 0.1) is 24.8 Å². The standard InChI is InChI=1S/C72H127N9O15/c1-28-30-31-47(15)61(85)60-62(86)74-51(29-2)65(89)81(27)70(95-33-32-73-71(94)96-72(18,19)20)69(93)76(22)53(35-42(5)6)58(84)40-50(45(11)12)64(88)75(21)52(34-41(3)4)57(83)38-48(16)56(82)39-49(17)63(87)77(23)54(36-43(7)8)66(90)78(24)55(37-44(9)10)67(91)79(25)59(46(13)14)68(92)80(60)26/h28,30,41-55,59-61,70,85H,29,31-40H2,1-27H3,(H,73,94)(H,74,86)/b30-28+/t47-,48-,49+,50+,51+,52+,53+,54+,55+,59+,60+,61-,70-/m1/s1. The number of rotatable bonds is 19. The number of hydrogen-bond donors (Lipinski definition) is 3. The fourth-order valence-electron chi connectivity index (χ4n) is 12.3. The zero-order valence-corrected chi connectivity index (χ0v) is 63.7. The summed E-state index contributed by atoms with van der Waals surface area (Å²) in [7, 11) is 9.89. The Hall–Kier alpha value is -6.30. The second-order valence-corrected chi connectivity index (χ2v) is 30.4. The van der Waals surface area contributed by atoms with Gasteiger partial charge in [-0.25, -0.2) is 4.79 Å². The lowest BCUT2D eigenvalue weighted by Gasteiger charge is -2.41. The molecular weight excluding hydrogens is 1230 g/mol. The summed E-state index contributed by atoms with van der Waals surface area (Å²) in [6.45, 7) is 34.7. The zero-order chi connectivity index (χ0) is 74.5. The average molecular weight is 1360 g/mol. The molecule has 0 bridgehead atoms. The minimum absolute atomic E-state index is 0.0922. The number of Topliss-reactive ketones (excluding diaryl/α,β-unsaturated/α-hetero) is 3. The van der Waals surface area contributed by atoms with Gasteiger partial charge in [0.2, 0.25) is 47.6 Å².